The zero-order valence-corrected chi connectivity index (χ0v) is 11.8. The zero-order chi connectivity index (χ0) is 13.3. The van der Waals surface area contributed by atoms with Crippen molar-refractivity contribution in [3.8, 4) is 5.75 Å². The number of nitrogens with one attached hydrogen (secondary N) is 1. The molecule has 0 aliphatic carbocycles. The van der Waals surface area contributed by atoms with Gasteiger partial charge in [-0.05, 0) is 24.1 Å². The van der Waals surface area contributed by atoms with Crippen molar-refractivity contribution >= 4 is 28.2 Å². The van der Waals surface area contributed by atoms with Gasteiger partial charge in [0.15, 0.2) is 0 Å². The molecule has 1 aromatic carbocycles. The highest BCUT2D eigenvalue weighted by Crippen LogP contribution is 2.36. The number of hydrogen-bond acceptors (Lipinski definition) is 3. The van der Waals surface area contributed by atoms with Gasteiger partial charge in [0.2, 0.25) is 0 Å². The van der Waals surface area contributed by atoms with E-state index in [2.05, 4.69) is 24.1 Å². The van der Waals surface area contributed by atoms with Crippen molar-refractivity contribution < 1.29 is 4.74 Å². The lowest BCUT2D eigenvalue weighted by molar-refractivity contribution is 0.420. The summed E-state index contributed by atoms with van der Waals surface area (Å²) in [4.78, 5) is 4.64. The number of nitrogens with zero attached hydrogens (tertiary/aromatic N) is 1. The fraction of sp³-hybridized carbons (Fsp3) is 0.357. The normalized spacial score (nSPS) is 11.0. The van der Waals surface area contributed by atoms with Crippen molar-refractivity contribution in [3.05, 3.63) is 28.9 Å². The van der Waals surface area contributed by atoms with Crippen molar-refractivity contribution in [2.75, 3.05) is 19.5 Å². The molecule has 18 heavy (non-hydrogen) atoms. The molecule has 4 heteroatoms. The highest BCUT2D eigenvalue weighted by Gasteiger charge is 2.14. The van der Waals surface area contributed by atoms with Gasteiger partial charge in [0.05, 0.1) is 23.0 Å². The minimum Gasteiger partial charge on any atom is -0.496 e. The maximum atomic E-state index is 6.25. The molecule has 2 aromatic rings. The number of ether oxygens (including phenoxy) is 1. The Bertz CT molecular complexity index is 582. The van der Waals surface area contributed by atoms with E-state index in [4.69, 9.17) is 16.3 Å². The number of anilines is 1. The minimum absolute atomic E-state index is 0.351. The summed E-state index contributed by atoms with van der Waals surface area (Å²) in [6, 6.07) is 5.73. The topological polar surface area (TPSA) is 34.2 Å². The predicted octanol–water partition coefficient (Wildman–Crippen LogP) is 4.06. The van der Waals surface area contributed by atoms with Crippen LogP contribution in [-0.4, -0.2) is 19.1 Å². The summed E-state index contributed by atoms with van der Waals surface area (Å²) < 4.78 is 5.39. The van der Waals surface area contributed by atoms with Crippen molar-refractivity contribution in [2.24, 2.45) is 0 Å². The van der Waals surface area contributed by atoms with E-state index in [0.717, 1.165) is 28.0 Å². The standard InChI is InChI=1S/C14H17ClN2O/c1-8(2)10-7-11(16-3)13-12(18-4)6-5-9(15)14(13)17-10/h5-8H,1-4H3,(H,16,17). The van der Waals surface area contributed by atoms with E-state index in [0.29, 0.717) is 10.9 Å². The first-order valence-electron chi connectivity index (χ1n) is 5.93. The molecule has 0 saturated carbocycles. The molecule has 0 bridgehead atoms. The minimum atomic E-state index is 0.351. The second-order valence-electron chi connectivity index (χ2n) is 4.47. The van der Waals surface area contributed by atoms with Gasteiger partial charge in [-0.2, -0.15) is 0 Å². The molecule has 1 heterocycles. The largest absolute Gasteiger partial charge is 0.496 e. The van der Waals surface area contributed by atoms with Crippen molar-refractivity contribution in [1.29, 1.82) is 0 Å². The SMILES string of the molecule is CNc1cc(C(C)C)nc2c(Cl)ccc(OC)c12. The summed E-state index contributed by atoms with van der Waals surface area (Å²) in [7, 11) is 3.54. The third kappa shape index (κ3) is 2.10. The lowest BCUT2D eigenvalue weighted by Crippen LogP contribution is -2.00. The molecule has 2 rings (SSSR count). The van der Waals surface area contributed by atoms with E-state index in [1.807, 2.05) is 25.2 Å². The number of rotatable bonds is 3. The smallest absolute Gasteiger partial charge is 0.130 e. The van der Waals surface area contributed by atoms with Crippen LogP contribution in [0.4, 0.5) is 5.69 Å². The summed E-state index contributed by atoms with van der Waals surface area (Å²) in [5.41, 5.74) is 2.79. The molecule has 0 amide bonds. The molecular weight excluding hydrogens is 248 g/mol. The molecular formula is C14H17ClN2O. The lowest BCUT2D eigenvalue weighted by atomic mass is 10.1. The van der Waals surface area contributed by atoms with E-state index in [1.165, 1.54) is 0 Å². The number of aromatic nitrogens is 1. The highest BCUT2D eigenvalue weighted by molar-refractivity contribution is 6.35. The Morgan fingerprint density at radius 2 is 2.06 bits per heavy atom. The highest BCUT2D eigenvalue weighted by atomic mass is 35.5. The van der Waals surface area contributed by atoms with Crippen molar-refractivity contribution in [3.63, 3.8) is 0 Å². The van der Waals surface area contributed by atoms with E-state index < -0.39 is 0 Å². The Labute approximate surface area is 112 Å². The van der Waals surface area contributed by atoms with E-state index in [9.17, 15) is 0 Å². The number of fused-ring (bicyclic) bond motifs is 1. The van der Waals surface area contributed by atoms with Crippen LogP contribution in [0.5, 0.6) is 5.75 Å². The van der Waals surface area contributed by atoms with Gasteiger partial charge in [0.25, 0.3) is 0 Å². The molecule has 96 valence electrons. The van der Waals surface area contributed by atoms with E-state index >= 15 is 0 Å². The lowest BCUT2D eigenvalue weighted by Gasteiger charge is -2.14. The Morgan fingerprint density at radius 3 is 2.61 bits per heavy atom. The van der Waals surface area contributed by atoms with Crippen LogP contribution in [0.25, 0.3) is 10.9 Å². The Morgan fingerprint density at radius 1 is 1.33 bits per heavy atom. The van der Waals surface area contributed by atoms with Gasteiger partial charge >= 0.3 is 0 Å². The van der Waals surface area contributed by atoms with E-state index in [1.54, 1.807) is 7.11 Å². The van der Waals surface area contributed by atoms with Gasteiger partial charge < -0.3 is 10.1 Å². The third-order valence-corrected chi connectivity index (χ3v) is 3.28. The third-order valence-electron chi connectivity index (χ3n) is 2.97. The van der Waals surface area contributed by atoms with Gasteiger partial charge in [-0.1, -0.05) is 25.4 Å². The number of hydrogen-bond donors (Lipinski definition) is 1. The zero-order valence-electron chi connectivity index (χ0n) is 11.0. The maximum Gasteiger partial charge on any atom is 0.130 e. The summed E-state index contributed by atoms with van der Waals surface area (Å²) in [5, 5.41) is 4.76. The van der Waals surface area contributed by atoms with Crippen LogP contribution in [0, 0.1) is 0 Å². The number of pyridine rings is 1. The monoisotopic (exact) mass is 264 g/mol. The van der Waals surface area contributed by atoms with Gasteiger partial charge in [-0.15, -0.1) is 0 Å². The Kier molecular flexibility index (Phi) is 3.62. The molecule has 0 atom stereocenters. The Balaban J connectivity index is 2.86. The quantitative estimate of drug-likeness (QED) is 0.908. The molecule has 0 saturated heterocycles. The molecule has 3 nitrogen and oxygen atoms in total. The Hall–Kier alpha value is -1.48. The molecule has 0 aliphatic rings. The van der Waals surface area contributed by atoms with Gasteiger partial charge in [-0.3, -0.25) is 4.98 Å². The summed E-state index contributed by atoms with van der Waals surface area (Å²) in [6.45, 7) is 4.23. The van der Waals surface area contributed by atoms with Crippen molar-refractivity contribution in [2.45, 2.75) is 19.8 Å². The van der Waals surface area contributed by atoms with Gasteiger partial charge in [0.1, 0.15) is 5.75 Å². The molecule has 0 radical (unpaired) electrons. The van der Waals surface area contributed by atoms with Gasteiger partial charge in [0, 0.05) is 18.4 Å². The molecule has 0 unspecified atom stereocenters. The van der Waals surface area contributed by atoms with Crippen LogP contribution >= 0.6 is 11.6 Å². The molecule has 1 aromatic heterocycles. The van der Waals surface area contributed by atoms with Crippen molar-refractivity contribution in [1.82, 2.24) is 4.98 Å². The van der Waals surface area contributed by atoms with Crippen LogP contribution in [0.15, 0.2) is 18.2 Å². The summed E-state index contributed by atoms with van der Waals surface area (Å²) >= 11 is 6.25. The number of methoxy groups -OCH3 is 1. The number of benzene rings is 1. The summed E-state index contributed by atoms with van der Waals surface area (Å²) in [5.74, 6) is 1.13. The average molecular weight is 265 g/mol. The maximum absolute atomic E-state index is 6.25. The number of halogens is 1. The van der Waals surface area contributed by atoms with Crippen LogP contribution in [0.2, 0.25) is 5.02 Å². The van der Waals surface area contributed by atoms with Gasteiger partial charge in [-0.25, -0.2) is 0 Å². The average Bonchev–Trinajstić information content (AvgIpc) is 2.38. The molecule has 0 aliphatic heterocycles. The predicted molar refractivity (Wildman–Crippen MR) is 76.9 cm³/mol. The second kappa shape index (κ2) is 5.02. The van der Waals surface area contributed by atoms with Crippen LogP contribution in [0.1, 0.15) is 25.5 Å². The molecule has 0 spiro atoms. The fourth-order valence-electron chi connectivity index (χ4n) is 1.96. The summed E-state index contributed by atoms with van der Waals surface area (Å²) in [6.07, 6.45) is 0. The van der Waals surface area contributed by atoms with Crippen LogP contribution in [0.3, 0.4) is 0 Å². The van der Waals surface area contributed by atoms with Crippen LogP contribution < -0.4 is 10.1 Å². The first kappa shape index (κ1) is 13.0. The molecule has 0 fully saturated rings. The first-order chi connectivity index (χ1) is 8.58. The molecule has 1 N–H and O–H groups in total. The first-order valence-corrected chi connectivity index (χ1v) is 6.31. The second-order valence-corrected chi connectivity index (χ2v) is 4.88. The van der Waals surface area contributed by atoms with Crippen LogP contribution in [-0.2, 0) is 0 Å². The fourth-order valence-corrected chi connectivity index (χ4v) is 2.16. The van der Waals surface area contributed by atoms with E-state index in [-0.39, 0.29) is 0 Å².